The number of nitrogens with zero attached hydrogens (tertiary/aromatic N) is 1. The average molecular weight is 193 g/mol. The van der Waals surface area contributed by atoms with Crippen LogP contribution in [-0.2, 0) is 0 Å². The third-order valence-electron chi connectivity index (χ3n) is 2.42. The smallest absolute Gasteiger partial charge is 0.0628 e. The molecule has 80 valence electrons. The van der Waals surface area contributed by atoms with Crippen molar-refractivity contribution in [2.75, 3.05) is 7.05 Å². The van der Waals surface area contributed by atoms with Crippen molar-refractivity contribution >= 4 is 5.71 Å². The molecule has 0 radical (unpaired) electrons. The van der Waals surface area contributed by atoms with Gasteiger partial charge in [-0.1, -0.05) is 26.0 Å². The first-order chi connectivity index (χ1) is 6.83. The molecule has 14 heavy (non-hydrogen) atoms. The van der Waals surface area contributed by atoms with Gasteiger partial charge in [0.2, 0.25) is 0 Å². The van der Waals surface area contributed by atoms with Crippen molar-refractivity contribution < 1.29 is 0 Å². The molecule has 1 saturated carbocycles. The van der Waals surface area contributed by atoms with E-state index in [0.29, 0.717) is 0 Å². The van der Waals surface area contributed by atoms with Gasteiger partial charge in [0.15, 0.2) is 0 Å². The maximum atomic E-state index is 4.33. The monoisotopic (exact) mass is 193 g/mol. The fourth-order valence-electron chi connectivity index (χ4n) is 1.76. The van der Waals surface area contributed by atoms with Gasteiger partial charge in [-0.3, -0.25) is 4.99 Å². The predicted octanol–water partition coefficient (Wildman–Crippen LogP) is 4.16. The van der Waals surface area contributed by atoms with E-state index in [-0.39, 0.29) is 0 Å². The molecule has 0 N–H and O–H groups in total. The number of rotatable bonds is 0. The molecule has 1 rings (SSSR count). The molecule has 0 aromatic heterocycles. The average Bonchev–Trinajstić information content (AvgIpc) is 2.30. The highest BCUT2D eigenvalue weighted by atomic mass is 14.7. The van der Waals surface area contributed by atoms with E-state index < -0.39 is 0 Å². The van der Waals surface area contributed by atoms with Crippen molar-refractivity contribution in [1.82, 2.24) is 0 Å². The second kappa shape index (κ2) is 7.54. The van der Waals surface area contributed by atoms with Crippen LogP contribution in [0, 0.1) is 0 Å². The highest BCUT2D eigenvalue weighted by Gasteiger charge is 2.15. The maximum absolute atomic E-state index is 4.33. The molecular weight excluding hydrogens is 170 g/mol. The fourth-order valence-corrected chi connectivity index (χ4v) is 1.76. The van der Waals surface area contributed by atoms with Crippen LogP contribution in [0.15, 0.2) is 28.3 Å². The van der Waals surface area contributed by atoms with Crippen LogP contribution >= 0.6 is 0 Å². The molecule has 0 heterocycles. The zero-order chi connectivity index (χ0) is 11.0. The number of hydrogen-bond acceptors (Lipinski definition) is 1. The van der Waals surface area contributed by atoms with Gasteiger partial charge in [0.25, 0.3) is 0 Å². The van der Waals surface area contributed by atoms with E-state index >= 15 is 0 Å². The van der Waals surface area contributed by atoms with Crippen LogP contribution in [0.2, 0.25) is 0 Å². The molecule has 1 heteroatoms. The van der Waals surface area contributed by atoms with Crippen LogP contribution in [-0.4, -0.2) is 12.8 Å². The molecule has 1 aliphatic rings. The zero-order valence-electron chi connectivity index (χ0n) is 10.2. The molecule has 0 saturated heterocycles. The summed E-state index contributed by atoms with van der Waals surface area (Å²) in [5.74, 6) is 0. The minimum absolute atomic E-state index is 1.19. The van der Waals surface area contributed by atoms with Crippen LogP contribution in [0.3, 0.4) is 0 Å². The Morgan fingerprint density at radius 1 is 1.00 bits per heavy atom. The molecule has 0 aromatic rings. The zero-order valence-corrected chi connectivity index (χ0v) is 10.2. The summed E-state index contributed by atoms with van der Waals surface area (Å²) in [4.78, 5) is 4.33. The van der Waals surface area contributed by atoms with E-state index in [1.165, 1.54) is 36.1 Å². The van der Waals surface area contributed by atoms with Crippen LogP contribution in [0.5, 0.6) is 0 Å². The molecule has 0 amide bonds. The first-order valence-electron chi connectivity index (χ1n) is 5.61. The van der Waals surface area contributed by atoms with E-state index in [1.807, 2.05) is 20.9 Å². The highest BCUT2D eigenvalue weighted by molar-refractivity contribution is 6.12. The third kappa shape index (κ3) is 3.13. The molecule has 0 spiro atoms. The first kappa shape index (κ1) is 13.2. The quantitative estimate of drug-likeness (QED) is 0.548. The lowest BCUT2D eigenvalue weighted by molar-refractivity contribution is 0.808. The summed E-state index contributed by atoms with van der Waals surface area (Å²) in [5.41, 5.74) is 4.06. The first-order valence-corrected chi connectivity index (χ1v) is 5.61. The second-order valence-corrected chi connectivity index (χ2v) is 3.05. The minimum atomic E-state index is 1.19. The largest absolute Gasteiger partial charge is 0.288 e. The fraction of sp³-hybridized carbons (Fsp3) is 0.615. The van der Waals surface area contributed by atoms with Gasteiger partial charge in [0.1, 0.15) is 0 Å². The lowest BCUT2D eigenvalue weighted by atomic mass is 9.88. The lowest BCUT2D eigenvalue weighted by Crippen LogP contribution is -2.12. The molecule has 0 aliphatic heterocycles. The van der Waals surface area contributed by atoms with Crippen molar-refractivity contribution in [3.63, 3.8) is 0 Å². The Morgan fingerprint density at radius 3 is 1.71 bits per heavy atom. The van der Waals surface area contributed by atoms with E-state index in [9.17, 15) is 0 Å². The maximum Gasteiger partial charge on any atom is 0.0628 e. The van der Waals surface area contributed by atoms with E-state index in [0.717, 1.165) is 0 Å². The molecule has 0 aromatic carbocycles. The Hall–Kier alpha value is -0.850. The third-order valence-corrected chi connectivity index (χ3v) is 2.42. The van der Waals surface area contributed by atoms with Crippen LogP contribution in [0.25, 0.3) is 0 Å². The van der Waals surface area contributed by atoms with E-state index in [2.05, 4.69) is 31.0 Å². The van der Waals surface area contributed by atoms with Crippen molar-refractivity contribution in [3.8, 4) is 0 Å². The minimum Gasteiger partial charge on any atom is -0.288 e. The van der Waals surface area contributed by atoms with Crippen LogP contribution in [0.1, 0.15) is 47.0 Å². The Morgan fingerprint density at radius 2 is 1.43 bits per heavy atom. The Balaban J connectivity index is 0.000000791. The summed E-state index contributed by atoms with van der Waals surface area (Å²) in [5, 5.41) is 0. The van der Waals surface area contributed by atoms with Crippen molar-refractivity contribution in [2.24, 2.45) is 4.99 Å². The summed E-state index contributed by atoms with van der Waals surface area (Å²) in [7, 11) is 1.88. The molecule has 1 nitrogen and oxygen atoms in total. The van der Waals surface area contributed by atoms with Gasteiger partial charge in [0, 0.05) is 7.05 Å². The lowest BCUT2D eigenvalue weighted by Gasteiger charge is -2.19. The van der Waals surface area contributed by atoms with Gasteiger partial charge in [-0.2, -0.15) is 0 Å². The summed E-state index contributed by atoms with van der Waals surface area (Å²) in [6.45, 7) is 8.19. The second-order valence-electron chi connectivity index (χ2n) is 3.05. The van der Waals surface area contributed by atoms with E-state index in [1.54, 1.807) is 0 Å². The van der Waals surface area contributed by atoms with Gasteiger partial charge >= 0.3 is 0 Å². The predicted molar refractivity (Wildman–Crippen MR) is 66.1 cm³/mol. The Bertz CT molecular complexity index is 222. The van der Waals surface area contributed by atoms with Crippen molar-refractivity contribution in [3.05, 3.63) is 23.3 Å². The van der Waals surface area contributed by atoms with Crippen LogP contribution in [0.4, 0.5) is 0 Å². The molecular formula is C13H23N. The van der Waals surface area contributed by atoms with Gasteiger partial charge < -0.3 is 0 Å². The SMILES string of the molecule is C/C=C1/CCC/C(=C\C)C1=NC.CC. The summed E-state index contributed by atoms with van der Waals surface area (Å²) in [6.07, 6.45) is 8.04. The summed E-state index contributed by atoms with van der Waals surface area (Å²) >= 11 is 0. The normalized spacial score (nSPS) is 25.1. The van der Waals surface area contributed by atoms with Crippen LogP contribution < -0.4 is 0 Å². The summed E-state index contributed by atoms with van der Waals surface area (Å²) < 4.78 is 0. The Labute approximate surface area is 88.6 Å². The standard InChI is InChI=1S/C11H17N.C2H6/c1-4-9-7-6-8-10(5-2)11(9)12-3;1-2/h4-5H,6-8H2,1-3H3;1-2H3/b9-4-,10-5+,12-11?;. The van der Waals surface area contributed by atoms with Gasteiger partial charge in [-0.05, 0) is 44.3 Å². The van der Waals surface area contributed by atoms with Gasteiger partial charge in [0.05, 0.1) is 5.71 Å². The highest BCUT2D eigenvalue weighted by Crippen LogP contribution is 2.25. The molecule has 0 atom stereocenters. The Kier molecular flexibility index (Phi) is 7.09. The van der Waals surface area contributed by atoms with E-state index in [4.69, 9.17) is 0 Å². The molecule has 0 bridgehead atoms. The molecule has 1 fully saturated rings. The number of aliphatic imine (C=N–C) groups is 1. The van der Waals surface area contributed by atoms with Gasteiger partial charge in [-0.25, -0.2) is 0 Å². The van der Waals surface area contributed by atoms with Crippen molar-refractivity contribution in [1.29, 1.82) is 0 Å². The van der Waals surface area contributed by atoms with Gasteiger partial charge in [-0.15, -0.1) is 0 Å². The summed E-state index contributed by atoms with van der Waals surface area (Å²) in [6, 6.07) is 0. The number of allylic oxidation sites excluding steroid dienone is 4. The number of hydrogen-bond donors (Lipinski definition) is 0. The molecule has 1 aliphatic carbocycles. The van der Waals surface area contributed by atoms with Crippen molar-refractivity contribution in [2.45, 2.75) is 47.0 Å². The topological polar surface area (TPSA) is 12.4 Å². The molecule has 0 unspecified atom stereocenters.